The van der Waals surface area contributed by atoms with Crippen LogP contribution in [0.5, 0.6) is 0 Å². The lowest BCUT2D eigenvalue weighted by Crippen LogP contribution is -2.53. The smallest absolute Gasteiger partial charge is 0.357 e. The van der Waals surface area contributed by atoms with E-state index in [1.807, 2.05) is 0 Å². The van der Waals surface area contributed by atoms with Crippen LogP contribution >= 0.6 is 0 Å². The number of nitrogen functional groups attached to an aromatic ring is 3. The van der Waals surface area contributed by atoms with Gasteiger partial charge in [-0.2, -0.15) is 0 Å². The van der Waals surface area contributed by atoms with Crippen molar-refractivity contribution in [1.29, 1.82) is 0 Å². The minimum atomic E-state index is -0.421. The molecule has 1 aromatic rings. The molecule has 0 spiro atoms. The first-order chi connectivity index (χ1) is 5.04. The van der Waals surface area contributed by atoms with Gasteiger partial charge >= 0.3 is 17.8 Å². The number of rotatable bonds is 0. The molecule has 8 heteroatoms. The van der Waals surface area contributed by atoms with E-state index in [1.54, 1.807) is 0 Å². The molecule has 0 aliphatic heterocycles. The maximum atomic E-state index is 8.88. The topological polar surface area (TPSA) is 139 Å². The van der Waals surface area contributed by atoms with Gasteiger partial charge in [-0.15, -0.1) is 0 Å². The van der Waals surface area contributed by atoms with Crippen LogP contribution in [-0.4, -0.2) is 15.4 Å². The van der Waals surface area contributed by atoms with Gasteiger partial charge < -0.3 is 16.1 Å². The average molecular weight is 160 g/mol. The molecule has 8 nitrogen and oxygen atoms in total. The fraction of sp³-hybridized carbons (Fsp3) is 0. The van der Waals surface area contributed by atoms with Crippen LogP contribution in [0.3, 0.4) is 0 Å². The number of hydrogen-bond donors (Lipinski definition) is 5. The van der Waals surface area contributed by atoms with E-state index in [4.69, 9.17) is 27.6 Å². The molecule has 11 heavy (non-hydrogen) atoms. The van der Waals surface area contributed by atoms with Crippen molar-refractivity contribution in [1.82, 2.24) is 4.98 Å². The molecule has 0 aliphatic rings. The lowest BCUT2D eigenvalue weighted by Gasteiger charge is -1.94. The van der Waals surface area contributed by atoms with Gasteiger partial charge in [0.05, 0.1) is 0 Å². The van der Waals surface area contributed by atoms with Gasteiger partial charge in [0, 0.05) is 14.4 Å². The summed E-state index contributed by atoms with van der Waals surface area (Å²) in [6, 6.07) is 0. The first-order valence-corrected chi connectivity index (χ1v) is 2.61. The van der Waals surface area contributed by atoms with Crippen molar-refractivity contribution in [2.24, 2.45) is 0 Å². The second kappa shape index (κ2) is 2.01. The molecule has 1 aromatic heterocycles. The van der Waals surface area contributed by atoms with Crippen LogP contribution in [-0.2, 0) is 0 Å². The molecule has 0 saturated carbocycles. The largest absolute Gasteiger partial charge is 0.476 e. The van der Waals surface area contributed by atoms with E-state index < -0.39 is 5.95 Å². The zero-order valence-electron chi connectivity index (χ0n) is 5.47. The zero-order chi connectivity index (χ0) is 8.59. The molecule has 0 radical (unpaired) electrons. The highest BCUT2D eigenvalue weighted by Crippen LogP contribution is 1.91. The Morgan fingerprint density at radius 1 is 1.00 bits per heavy atom. The summed E-state index contributed by atoms with van der Waals surface area (Å²) in [5, 5.41) is 17.8. The number of aromatic nitrogens is 3. The Kier molecular flexibility index (Phi) is 1.30. The summed E-state index contributed by atoms with van der Waals surface area (Å²) in [5.41, 5.74) is 15.3. The van der Waals surface area contributed by atoms with Crippen molar-refractivity contribution in [2.45, 2.75) is 0 Å². The Labute approximate surface area is 61.0 Å². The molecule has 0 atom stereocenters. The summed E-state index contributed by atoms with van der Waals surface area (Å²) in [4.78, 5) is 3.34. The number of anilines is 3. The van der Waals surface area contributed by atoms with Crippen LogP contribution in [0, 0.1) is 0 Å². The monoisotopic (exact) mass is 160 g/mol. The first-order valence-electron chi connectivity index (χ1n) is 2.61. The van der Waals surface area contributed by atoms with Crippen LogP contribution in [0.2, 0.25) is 0 Å². The summed E-state index contributed by atoms with van der Waals surface area (Å²) in [6.07, 6.45) is 0. The van der Waals surface area contributed by atoms with E-state index in [9.17, 15) is 0 Å². The Morgan fingerprint density at radius 3 is 1.73 bits per heavy atom. The van der Waals surface area contributed by atoms with Crippen LogP contribution in [0.25, 0.3) is 0 Å². The normalized spacial score (nSPS) is 9.82. The third-order valence-corrected chi connectivity index (χ3v) is 1.10. The molecular formula is C3H8N6O2+2. The molecule has 60 valence electrons. The van der Waals surface area contributed by atoms with Crippen molar-refractivity contribution >= 4 is 17.8 Å². The Hall–Kier alpha value is -1.99. The van der Waals surface area contributed by atoms with E-state index in [-0.39, 0.29) is 11.9 Å². The van der Waals surface area contributed by atoms with Gasteiger partial charge in [0.15, 0.2) is 0 Å². The van der Waals surface area contributed by atoms with Gasteiger partial charge in [-0.05, 0) is 0 Å². The standard InChI is InChI=1S/C3H6N6O2/c4-1-7-2(5)9(11)3(6)8(1)10/h6,10-11H,(H3,4,5,7)/p+2. The molecule has 0 bridgehead atoms. The summed E-state index contributed by atoms with van der Waals surface area (Å²) in [5.74, 6) is -1.02. The van der Waals surface area contributed by atoms with Crippen molar-refractivity contribution < 1.29 is 19.9 Å². The fourth-order valence-corrected chi connectivity index (χ4v) is 0.537. The van der Waals surface area contributed by atoms with Gasteiger partial charge in [-0.1, -0.05) is 0 Å². The molecule has 0 aromatic carbocycles. The molecule has 1 heterocycles. The quantitative estimate of drug-likeness (QED) is 0.201. The maximum absolute atomic E-state index is 8.88. The lowest BCUT2D eigenvalue weighted by molar-refractivity contribution is -0.983. The number of nitrogens with two attached hydrogens (primary N) is 3. The van der Waals surface area contributed by atoms with Crippen molar-refractivity contribution in [3.05, 3.63) is 0 Å². The molecule has 0 aliphatic carbocycles. The SMILES string of the molecule is Nc1nc(N)[n+](O)c(N)[n+]1O. The van der Waals surface area contributed by atoms with Gasteiger partial charge in [0.25, 0.3) is 0 Å². The molecular weight excluding hydrogens is 152 g/mol. The highest BCUT2D eigenvalue weighted by Gasteiger charge is 2.24. The van der Waals surface area contributed by atoms with Crippen LogP contribution in [0.1, 0.15) is 0 Å². The molecule has 0 saturated heterocycles. The Balaban J connectivity index is 3.46. The van der Waals surface area contributed by atoms with Gasteiger partial charge in [0.2, 0.25) is 0 Å². The van der Waals surface area contributed by atoms with Gasteiger partial charge in [0.1, 0.15) is 0 Å². The minimum Gasteiger partial charge on any atom is -0.357 e. The summed E-state index contributed by atoms with van der Waals surface area (Å²) in [6.45, 7) is 0. The van der Waals surface area contributed by atoms with Crippen molar-refractivity contribution in [3.63, 3.8) is 0 Å². The number of hydrogen-bond acceptors (Lipinski definition) is 6. The average Bonchev–Trinajstić information content (AvgIpc) is 1.97. The molecule has 8 N–H and O–H groups in total. The fourth-order valence-electron chi connectivity index (χ4n) is 0.537. The Bertz CT molecular complexity index is 272. The van der Waals surface area contributed by atoms with E-state index >= 15 is 0 Å². The predicted molar refractivity (Wildman–Crippen MR) is 32.2 cm³/mol. The maximum Gasteiger partial charge on any atom is 0.476 e. The summed E-state index contributed by atoms with van der Waals surface area (Å²) >= 11 is 0. The van der Waals surface area contributed by atoms with Crippen LogP contribution < -0.4 is 26.7 Å². The van der Waals surface area contributed by atoms with Crippen LogP contribution in [0.4, 0.5) is 17.8 Å². The van der Waals surface area contributed by atoms with E-state index in [1.165, 1.54) is 0 Å². The summed E-state index contributed by atoms with van der Waals surface area (Å²) < 4.78 is 0.604. The van der Waals surface area contributed by atoms with Crippen LogP contribution in [0.15, 0.2) is 0 Å². The first kappa shape index (κ1) is 7.12. The van der Waals surface area contributed by atoms with Crippen molar-refractivity contribution in [3.8, 4) is 0 Å². The van der Waals surface area contributed by atoms with E-state index in [0.717, 1.165) is 0 Å². The lowest BCUT2D eigenvalue weighted by atomic mass is 10.8. The highest BCUT2D eigenvalue weighted by atomic mass is 16.5. The second-order valence-corrected chi connectivity index (χ2v) is 1.81. The van der Waals surface area contributed by atoms with E-state index in [0.29, 0.717) is 9.46 Å². The molecule has 1 rings (SSSR count). The molecule has 0 unspecified atom stereocenters. The Morgan fingerprint density at radius 2 is 1.36 bits per heavy atom. The molecule has 0 amide bonds. The minimum absolute atomic E-state index is 0.301. The number of nitrogens with zero attached hydrogens (tertiary/aromatic N) is 3. The van der Waals surface area contributed by atoms with Gasteiger partial charge in [-0.3, -0.25) is 11.5 Å². The molecule has 0 fully saturated rings. The third kappa shape index (κ3) is 0.892. The zero-order valence-corrected chi connectivity index (χ0v) is 5.47. The highest BCUT2D eigenvalue weighted by molar-refractivity contribution is 5.17. The third-order valence-electron chi connectivity index (χ3n) is 1.10. The summed E-state index contributed by atoms with van der Waals surface area (Å²) in [7, 11) is 0. The predicted octanol–water partition coefficient (Wildman–Crippen LogP) is -3.12. The van der Waals surface area contributed by atoms with Crippen molar-refractivity contribution in [2.75, 3.05) is 17.2 Å². The van der Waals surface area contributed by atoms with Gasteiger partial charge in [-0.25, -0.2) is 0 Å². The second-order valence-electron chi connectivity index (χ2n) is 1.81. The van der Waals surface area contributed by atoms with E-state index in [2.05, 4.69) is 4.98 Å².